The van der Waals surface area contributed by atoms with E-state index in [4.69, 9.17) is 0 Å². The Hall–Kier alpha value is -0.870. The Morgan fingerprint density at radius 1 is 1.61 bits per heavy atom. The van der Waals surface area contributed by atoms with E-state index < -0.39 is 0 Å². The second-order valence-electron chi connectivity index (χ2n) is 5.58. The van der Waals surface area contributed by atoms with Gasteiger partial charge in [0.15, 0.2) is 0 Å². The van der Waals surface area contributed by atoms with Gasteiger partial charge in [-0.25, -0.2) is 0 Å². The fraction of sp³-hybridized carbons (Fsp3) is 0.643. The van der Waals surface area contributed by atoms with Crippen molar-refractivity contribution in [1.29, 1.82) is 0 Å². The molecule has 0 radical (unpaired) electrons. The van der Waals surface area contributed by atoms with Gasteiger partial charge in [0.25, 0.3) is 5.91 Å². The molecule has 2 atom stereocenters. The highest BCUT2D eigenvalue weighted by Crippen LogP contribution is 2.37. The summed E-state index contributed by atoms with van der Waals surface area (Å²) >= 11 is 1.54. The lowest BCUT2D eigenvalue weighted by Gasteiger charge is -2.29. The summed E-state index contributed by atoms with van der Waals surface area (Å²) in [4.78, 5) is 14.2. The number of hydrogen-bond acceptors (Lipinski definition) is 3. The number of nitrogens with one attached hydrogen (secondary N) is 1. The molecule has 18 heavy (non-hydrogen) atoms. The number of aliphatic hydroxyl groups excluding tert-OH is 1. The van der Waals surface area contributed by atoms with Crippen molar-refractivity contribution in [2.45, 2.75) is 46.1 Å². The van der Waals surface area contributed by atoms with E-state index in [-0.39, 0.29) is 24.0 Å². The molecule has 1 aromatic rings. The summed E-state index contributed by atoms with van der Waals surface area (Å²) in [5.41, 5.74) is 1.01. The van der Waals surface area contributed by atoms with Crippen molar-refractivity contribution >= 4 is 17.2 Å². The molecule has 2 N–H and O–H groups in total. The third-order valence-electron chi connectivity index (χ3n) is 4.14. The lowest BCUT2D eigenvalue weighted by molar-refractivity contribution is 0.0834. The van der Waals surface area contributed by atoms with Gasteiger partial charge in [0.05, 0.1) is 11.5 Å². The second-order valence-corrected chi connectivity index (χ2v) is 6.84. The van der Waals surface area contributed by atoms with Crippen LogP contribution in [0.1, 0.15) is 46.3 Å². The van der Waals surface area contributed by atoms with Gasteiger partial charge < -0.3 is 10.4 Å². The predicted octanol–water partition coefficient (Wildman–Crippen LogP) is 2.65. The molecule has 1 amide bonds. The molecule has 2 rings (SSSR count). The Morgan fingerprint density at radius 2 is 2.33 bits per heavy atom. The van der Waals surface area contributed by atoms with Crippen molar-refractivity contribution in [3.05, 3.63) is 21.4 Å². The van der Waals surface area contributed by atoms with Crippen molar-refractivity contribution in [2.24, 2.45) is 5.41 Å². The zero-order valence-electron chi connectivity index (χ0n) is 11.2. The summed E-state index contributed by atoms with van der Waals surface area (Å²) in [5, 5.41) is 12.6. The van der Waals surface area contributed by atoms with Gasteiger partial charge >= 0.3 is 0 Å². The van der Waals surface area contributed by atoms with E-state index in [1.165, 1.54) is 21.8 Å². The van der Waals surface area contributed by atoms with Crippen LogP contribution in [0.15, 0.2) is 6.07 Å². The maximum absolute atomic E-state index is 12.2. The van der Waals surface area contributed by atoms with Gasteiger partial charge in [-0.2, -0.15) is 0 Å². The third kappa shape index (κ3) is 2.45. The van der Waals surface area contributed by atoms with E-state index in [0.717, 1.165) is 24.1 Å². The van der Waals surface area contributed by atoms with E-state index in [1.54, 1.807) is 0 Å². The number of carbonyl (C=O) groups is 1. The first-order valence-corrected chi connectivity index (χ1v) is 7.27. The molecule has 1 heterocycles. The van der Waals surface area contributed by atoms with Crippen LogP contribution in [-0.2, 0) is 0 Å². The van der Waals surface area contributed by atoms with E-state index in [1.807, 2.05) is 19.9 Å². The molecule has 0 saturated heterocycles. The molecule has 1 fully saturated rings. The second kappa shape index (κ2) is 5.02. The van der Waals surface area contributed by atoms with Crippen LogP contribution in [0.25, 0.3) is 0 Å². The van der Waals surface area contributed by atoms with Crippen LogP contribution in [-0.4, -0.2) is 23.7 Å². The Morgan fingerprint density at radius 3 is 2.89 bits per heavy atom. The summed E-state index contributed by atoms with van der Waals surface area (Å²) in [6.07, 6.45) is 3.02. The van der Waals surface area contributed by atoms with Crippen molar-refractivity contribution in [2.75, 3.05) is 6.61 Å². The molecule has 1 aliphatic rings. The first-order valence-electron chi connectivity index (χ1n) is 6.45. The summed E-state index contributed by atoms with van der Waals surface area (Å²) in [6.45, 7) is 6.25. The average Bonchev–Trinajstić information content (AvgIpc) is 2.85. The third-order valence-corrected chi connectivity index (χ3v) is 5.29. The van der Waals surface area contributed by atoms with Crippen LogP contribution in [0.2, 0.25) is 0 Å². The Balaban J connectivity index is 2.08. The predicted molar refractivity (Wildman–Crippen MR) is 74.1 cm³/mol. The molecular weight excluding hydrogens is 246 g/mol. The topological polar surface area (TPSA) is 49.3 Å². The summed E-state index contributed by atoms with van der Waals surface area (Å²) < 4.78 is 0. The highest BCUT2D eigenvalue weighted by atomic mass is 32.1. The van der Waals surface area contributed by atoms with E-state index in [9.17, 15) is 9.90 Å². The number of rotatable bonds is 3. The Labute approximate surface area is 112 Å². The molecule has 1 aliphatic carbocycles. The molecule has 0 aromatic carbocycles. The normalized spacial score (nSPS) is 27.4. The number of hydrogen-bond donors (Lipinski definition) is 2. The molecule has 0 aliphatic heterocycles. The molecule has 2 unspecified atom stereocenters. The average molecular weight is 267 g/mol. The first kappa shape index (κ1) is 13.6. The minimum absolute atomic E-state index is 0.00257. The van der Waals surface area contributed by atoms with Crippen molar-refractivity contribution in [3.8, 4) is 0 Å². The largest absolute Gasteiger partial charge is 0.396 e. The van der Waals surface area contributed by atoms with Crippen LogP contribution in [0, 0.1) is 19.3 Å². The standard InChI is InChI=1S/C14H21NO2S/c1-9-7-11(18-10(9)2)13(17)15-12-5-4-6-14(12,3)8-16/h7,12,16H,4-6,8H2,1-3H3,(H,15,17). The first-order chi connectivity index (χ1) is 8.46. The fourth-order valence-electron chi connectivity index (χ4n) is 2.58. The lowest BCUT2D eigenvalue weighted by atomic mass is 9.86. The van der Waals surface area contributed by atoms with Gasteiger partial charge in [-0.05, 0) is 38.3 Å². The quantitative estimate of drug-likeness (QED) is 0.884. The van der Waals surface area contributed by atoms with Gasteiger partial charge in [0.1, 0.15) is 0 Å². The number of thiophene rings is 1. The zero-order valence-corrected chi connectivity index (χ0v) is 12.1. The Kier molecular flexibility index (Phi) is 3.78. The maximum Gasteiger partial charge on any atom is 0.261 e. The number of amides is 1. The van der Waals surface area contributed by atoms with Gasteiger partial charge in [0, 0.05) is 16.3 Å². The molecule has 0 spiro atoms. The molecule has 1 saturated carbocycles. The molecule has 3 nitrogen and oxygen atoms in total. The summed E-state index contributed by atoms with van der Waals surface area (Å²) in [5.74, 6) is 0.00257. The SMILES string of the molecule is Cc1cc(C(=O)NC2CCCC2(C)CO)sc1C. The smallest absolute Gasteiger partial charge is 0.261 e. The molecule has 0 bridgehead atoms. The fourth-order valence-corrected chi connectivity index (χ4v) is 3.52. The Bertz CT molecular complexity index is 435. The zero-order chi connectivity index (χ0) is 13.3. The summed E-state index contributed by atoms with van der Waals surface area (Å²) in [6, 6.07) is 2.04. The molecule has 1 aromatic heterocycles. The van der Waals surface area contributed by atoms with Gasteiger partial charge in [-0.3, -0.25) is 4.79 Å². The van der Waals surface area contributed by atoms with E-state index in [0.29, 0.717) is 0 Å². The molecule has 100 valence electrons. The van der Waals surface area contributed by atoms with Crippen LogP contribution in [0.3, 0.4) is 0 Å². The van der Waals surface area contributed by atoms with Crippen LogP contribution >= 0.6 is 11.3 Å². The number of aryl methyl sites for hydroxylation is 2. The van der Waals surface area contributed by atoms with Crippen molar-refractivity contribution in [1.82, 2.24) is 5.32 Å². The van der Waals surface area contributed by atoms with Crippen molar-refractivity contribution < 1.29 is 9.90 Å². The summed E-state index contributed by atoms with van der Waals surface area (Å²) in [7, 11) is 0. The lowest BCUT2D eigenvalue weighted by Crippen LogP contribution is -2.44. The minimum Gasteiger partial charge on any atom is -0.396 e. The van der Waals surface area contributed by atoms with Gasteiger partial charge in [0.2, 0.25) is 0 Å². The van der Waals surface area contributed by atoms with Gasteiger partial charge in [-0.1, -0.05) is 13.3 Å². The highest BCUT2D eigenvalue weighted by Gasteiger charge is 2.39. The maximum atomic E-state index is 12.2. The van der Waals surface area contributed by atoms with E-state index in [2.05, 4.69) is 12.2 Å². The van der Waals surface area contributed by atoms with Crippen LogP contribution in [0.5, 0.6) is 0 Å². The van der Waals surface area contributed by atoms with Crippen molar-refractivity contribution in [3.63, 3.8) is 0 Å². The van der Waals surface area contributed by atoms with Crippen LogP contribution in [0.4, 0.5) is 0 Å². The number of aliphatic hydroxyl groups is 1. The monoisotopic (exact) mass is 267 g/mol. The number of carbonyl (C=O) groups excluding carboxylic acids is 1. The highest BCUT2D eigenvalue weighted by molar-refractivity contribution is 7.14. The van der Waals surface area contributed by atoms with Gasteiger partial charge in [-0.15, -0.1) is 11.3 Å². The minimum atomic E-state index is -0.156. The van der Waals surface area contributed by atoms with Crippen LogP contribution < -0.4 is 5.32 Å². The molecule has 4 heteroatoms. The molecular formula is C14H21NO2S. The van der Waals surface area contributed by atoms with E-state index >= 15 is 0 Å².